The molecule has 0 unspecified atom stereocenters. The van der Waals surface area contributed by atoms with E-state index in [1.165, 1.54) is 20.3 Å². The summed E-state index contributed by atoms with van der Waals surface area (Å²) in [5, 5.41) is 2.28. The van der Waals surface area contributed by atoms with E-state index in [1.807, 2.05) is 26.0 Å². The number of nitrogens with one attached hydrogen (secondary N) is 1. The Morgan fingerprint density at radius 3 is 2.51 bits per heavy atom. The van der Waals surface area contributed by atoms with Crippen LogP contribution < -0.4 is 14.8 Å². The number of anilines is 1. The number of hydrogen-bond donors (Lipinski definition) is 1. The lowest BCUT2D eigenvalue weighted by molar-refractivity contribution is -0.143. The van der Waals surface area contributed by atoms with Gasteiger partial charge < -0.3 is 19.5 Å². The van der Waals surface area contributed by atoms with Gasteiger partial charge in [0.1, 0.15) is 6.54 Å². The van der Waals surface area contributed by atoms with E-state index in [2.05, 4.69) is 26.0 Å². The van der Waals surface area contributed by atoms with Crippen LogP contribution in [-0.2, 0) is 19.1 Å². The van der Waals surface area contributed by atoms with Crippen LogP contribution in [0.5, 0.6) is 11.5 Å². The lowest BCUT2D eigenvalue weighted by atomic mass is 10.1. The molecule has 11 heteroatoms. The van der Waals surface area contributed by atoms with Crippen molar-refractivity contribution in [3.8, 4) is 11.5 Å². The van der Waals surface area contributed by atoms with Crippen molar-refractivity contribution in [3.05, 3.63) is 56.4 Å². The largest absolute Gasteiger partial charge is 0.493 e. The molecule has 1 aliphatic rings. The summed E-state index contributed by atoms with van der Waals surface area (Å²) in [7, 11) is 2.63. The predicted molar refractivity (Wildman–Crippen MR) is 135 cm³/mol. The summed E-state index contributed by atoms with van der Waals surface area (Å²) in [6, 6.07) is 8.55. The van der Waals surface area contributed by atoms with Gasteiger partial charge in [0.25, 0.3) is 17.1 Å². The van der Waals surface area contributed by atoms with Crippen molar-refractivity contribution in [2.45, 2.75) is 13.8 Å². The van der Waals surface area contributed by atoms with E-state index < -0.39 is 23.7 Å². The maximum absolute atomic E-state index is 12.5. The summed E-state index contributed by atoms with van der Waals surface area (Å²) in [6.07, 6.45) is 1.51. The van der Waals surface area contributed by atoms with Crippen LogP contribution in [0.2, 0.25) is 0 Å². The van der Waals surface area contributed by atoms with Crippen molar-refractivity contribution in [3.63, 3.8) is 0 Å². The molecule has 2 aromatic rings. The van der Waals surface area contributed by atoms with Gasteiger partial charge in [0, 0.05) is 10.2 Å². The van der Waals surface area contributed by atoms with E-state index in [1.54, 1.807) is 18.2 Å². The van der Waals surface area contributed by atoms with Crippen LogP contribution in [0.4, 0.5) is 10.5 Å². The van der Waals surface area contributed by atoms with Crippen LogP contribution in [-0.4, -0.2) is 55.3 Å². The fourth-order valence-corrected chi connectivity index (χ4v) is 4.39. The number of carbonyl (C=O) groups excluding carboxylic acids is 4. The monoisotopic (exact) mass is 562 g/mol. The van der Waals surface area contributed by atoms with Crippen molar-refractivity contribution in [2.24, 2.45) is 0 Å². The third kappa shape index (κ3) is 6.23. The van der Waals surface area contributed by atoms with Gasteiger partial charge >= 0.3 is 5.97 Å². The first-order valence-corrected chi connectivity index (χ1v) is 11.9. The second-order valence-electron chi connectivity index (χ2n) is 7.44. The number of nitrogens with zero attached hydrogens (tertiary/aromatic N) is 1. The van der Waals surface area contributed by atoms with Gasteiger partial charge in [0.15, 0.2) is 18.1 Å². The van der Waals surface area contributed by atoms with Gasteiger partial charge in [-0.3, -0.25) is 24.1 Å². The number of halogens is 1. The number of benzene rings is 2. The molecule has 1 fully saturated rings. The zero-order valence-electron chi connectivity index (χ0n) is 19.5. The molecule has 1 saturated heterocycles. The SMILES string of the molecule is COC(=O)CN1C(=O)S/C(=C/c2ccc(OCC(=O)Nc3ccc(Br)c(C)c3C)c(OC)c2)C1=O. The van der Waals surface area contributed by atoms with Gasteiger partial charge in [-0.2, -0.15) is 0 Å². The summed E-state index contributed by atoms with van der Waals surface area (Å²) < 4.78 is 16.5. The van der Waals surface area contributed by atoms with Gasteiger partial charge in [-0.25, -0.2) is 0 Å². The third-order valence-corrected chi connectivity index (χ3v) is 6.99. The van der Waals surface area contributed by atoms with Crippen LogP contribution in [0.1, 0.15) is 16.7 Å². The second kappa shape index (κ2) is 11.4. The lowest BCUT2D eigenvalue weighted by Crippen LogP contribution is -2.34. The van der Waals surface area contributed by atoms with Gasteiger partial charge in [-0.1, -0.05) is 22.0 Å². The molecule has 3 rings (SSSR count). The first kappa shape index (κ1) is 26.3. The molecular formula is C24H23BrN2O7S. The van der Waals surface area contributed by atoms with E-state index in [-0.39, 0.29) is 17.4 Å². The summed E-state index contributed by atoms with van der Waals surface area (Å²) in [4.78, 5) is 49.4. The molecular weight excluding hydrogens is 540 g/mol. The number of hydrogen-bond acceptors (Lipinski definition) is 8. The second-order valence-corrected chi connectivity index (χ2v) is 9.28. The summed E-state index contributed by atoms with van der Waals surface area (Å²) in [5.74, 6) is -0.926. The minimum absolute atomic E-state index is 0.161. The van der Waals surface area contributed by atoms with Gasteiger partial charge in [0.2, 0.25) is 0 Å². The fourth-order valence-electron chi connectivity index (χ4n) is 3.13. The summed E-state index contributed by atoms with van der Waals surface area (Å²) >= 11 is 4.19. The smallest absolute Gasteiger partial charge is 0.325 e. The fraction of sp³-hybridized carbons (Fsp3) is 0.250. The van der Waals surface area contributed by atoms with Crippen molar-refractivity contribution >= 4 is 62.5 Å². The highest BCUT2D eigenvalue weighted by molar-refractivity contribution is 9.10. The average Bonchev–Trinajstić information content (AvgIpc) is 3.10. The first-order chi connectivity index (χ1) is 16.6. The molecule has 1 heterocycles. The summed E-state index contributed by atoms with van der Waals surface area (Å²) in [5.41, 5.74) is 3.25. The first-order valence-electron chi connectivity index (χ1n) is 10.3. The Kier molecular flexibility index (Phi) is 8.57. The Hall–Kier alpha value is -3.31. The molecule has 1 N–H and O–H groups in total. The number of amides is 3. The Morgan fingerprint density at radius 1 is 1.09 bits per heavy atom. The Bertz CT molecular complexity index is 1230. The van der Waals surface area contributed by atoms with Gasteiger partial charge in [0.05, 0.1) is 19.1 Å². The van der Waals surface area contributed by atoms with Crippen LogP contribution in [0.25, 0.3) is 6.08 Å². The molecule has 184 valence electrons. The average molecular weight is 563 g/mol. The Labute approximate surface area is 214 Å². The molecule has 0 bridgehead atoms. The van der Waals surface area contributed by atoms with Crippen molar-refractivity contribution < 1.29 is 33.4 Å². The molecule has 1 aliphatic heterocycles. The molecule has 3 amide bonds. The Balaban J connectivity index is 1.68. The standard InChI is InChI=1S/C24H23BrN2O7S/c1-13-14(2)17(7-6-16(13)25)26-21(28)12-34-18-8-5-15(9-19(18)32-3)10-20-23(30)27(24(31)35-20)11-22(29)33-4/h5-10H,11-12H2,1-4H3,(H,26,28)/b20-10+. The lowest BCUT2D eigenvalue weighted by Gasteiger charge is -2.14. The normalized spacial score (nSPS) is 14.3. The van der Waals surface area contributed by atoms with E-state index in [0.29, 0.717) is 22.7 Å². The third-order valence-electron chi connectivity index (χ3n) is 5.23. The Morgan fingerprint density at radius 2 is 1.83 bits per heavy atom. The quantitative estimate of drug-likeness (QED) is 0.374. The molecule has 35 heavy (non-hydrogen) atoms. The van der Waals surface area contributed by atoms with E-state index >= 15 is 0 Å². The highest BCUT2D eigenvalue weighted by Crippen LogP contribution is 2.34. The minimum atomic E-state index is -0.689. The van der Waals surface area contributed by atoms with Crippen LogP contribution >= 0.6 is 27.7 Å². The zero-order valence-corrected chi connectivity index (χ0v) is 21.9. The number of ether oxygens (including phenoxy) is 3. The highest BCUT2D eigenvalue weighted by atomic mass is 79.9. The maximum Gasteiger partial charge on any atom is 0.325 e. The molecule has 0 radical (unpaired) electrons. The number of imide groups is 1. The highest BCUT2D eigenvalue weighted by Gasteiger charge is 2.36. The van der Waals surface area contributed by atoms with Gasteiger partial charge in [-0.15, -0.1) is 0 Å². The molecule has 0 aliphatic carbocycles. The molecule has 9 nitrogen and oxygen atoms in total. The van der Waals surface area contributed by atoms with Gasteiger partial charge in [-0.05, 0) is 72.6 Å². The van der Waals surface area contributed by atoms with Crippen molar-refractivity contribution in [2.75, 3.05) is 32.7 Å². The minimum Gasteiger partial charge on any atom is -0.493 e. The van der Waals surface area contributed by atoms with Crippen LogP contribution in [0.3, 0.4) is 0 Å². The molecule has 2 aromatic carbocycles. The van der Waals surface area contributed by atoms with Crippen molar-refractivity contribution in [1.82, 2.24) is 4.90 Å². The number of carbonyl (C=O) groups is 4. The van der Waals surface area contributed by atoms with E-state index in [9.17, 15) is 19.2 Å². The number of thioether (sulfide) groups is 1. The molecule has 0 atom stereocenters. The number of esters is 1. The maximum atomic E-state index is 12.5. The topological polar surface area (TPSA) is 111 Å². The predicted octanol–water partition coefficient (Wildman–Crippen LogP) is 4.30. The van der Waals surface area contributed by atoms with Crippen LogP contribution in [0.15, 0.2) is 39.7 Å². The molecule has 0 aromatic heterocycles. The molecule has 0 spiro atoms. The van der Waals surface area contributed by atoms with Crippen molar-refractivity contribution in [1.29, 1.82) is 0 Å². The summed E-state index contributed by atoms with van der Waals surface area (Å²) in [6.45, 7) is 3.19. The van der Waals surface area contributed by atoms with E-state index in [0.717, 1.165) is 32.3 Å². The molecule has 0 saturated carbocycles. The van der Waals surface area contributed by atoms with E-state index in [4.69, 9.17) is 9.47 Å². The number of methoxy groups -OCH3 is 2. The zero-order chi connectivity index (χ0) is 25.7. The van der Waals surface area contributed by atoms with Crippen LogP contribution in [0, 0.1) is 13.8 Å². The number of rotatable bonds is 8.